The van der Waals surface area contributed by atoms with Gasteiger partial charge in [0, 0.05) is 61.8 Å². The van der Waals surface area contributed by atoms with Crippen LogP contribution in [-0.4, -0.2) is 49.4 Å². The van der Waals surface area contributed by atoms with Crippen molar-refractivity contribution in [2.24, 2.45) is 5.92 Å². The highest BCUT2D eigenvalue weighted by atomic mass is 19.4. The monoisotopic (exact) mass is 530 g/mol. The standard InChI is InChI=1S/C28H29F3N2O5/c1-33-23-15-21(4-2-17(23)12-18(6-9-34)26(33)36)32-25(35)13-19-16-27(7-10-37-11-8-27)38-24-14-20(28(29,30)31)3-5-22(19)24/h2-5,13-15,18,34H,6-12,16H2,1H3,(H,32,35)/b19-13+. The maximum atomic E-state index is 13.4. The molecule has 10 heteroatoms. The number of hydrogen-bond donors (Lipinski definition) is 2. The molecule has 2 aromatic carbocycles. The third-order valence-corrected chi connectivity index (χ3v) is 7.54. The van der Waals surface area contributed by atoms with Gasteiger partial charge in [-0.25, -0.2) is 0 Å². The van der Waals surface area contributed by atoms with Crippen molar-refractivity contribution < 1.29 is 37.3 Å². The molecule has 1 atom stereocenters. The number of hydrogen-bond acceptors (Lipinski definition) is 5. The Morgan fingerprint density at radius 3 is 2.68 bits per heavy atom. The first kappa shape index (κ1) is 26.2. The summed E-state index contributed by atoms with van der Waals surface area (Å²) in [5, 5.41) is 12.1. The summed E-state index contributed by atoms with van der Waals surface area (Å²) in [6.07, 6.45) is -0.821. The number of rotatable bonds is 4. The zero-order chi connectivity index (χ0) is 27.1. The van der Waals surface area contributed by atoms with Crippen LogP contribution in [0.15, 0.2) is 42.5 Å². The fraction of sp³-hybridized carbons (Fsp3) is 0.429. The summed E-state index contributed by atoms with van der Waals surface area (Å²) in [5.74, 6) is -0.696. The summed E-state index contributed by atoms with van der Waals surface area (Å²) in [5.41, 5.74) is 1.63. The lowest BCUT2D eigenvalue weighted by molar-refractivity contribution is -0.138. The number of carbonyl (C=O) groups excluding carboxylic acids is 2. The van der Waals surface area contributed by atoms with E-state index in [-0.39, 0.29) is 24.2 Å². The summed E-state index contributed by atoms with van der Waals surface area (Å²) in [7, 11) is 1.67. The van der Waals surface area contributed by atoms with Gasteiger partial charge in [0.1, 0.15) is 11.4 Å². The molecule has 7 nitrogen and oxygen atoms in total. The average Bonchev–Trinajstić information content (AvgIpc) is 2.87. The second kappa shape index (κ2) is 10.1. The third-order valence-electron chi connectivity index (χ3n) is 7.54. The van der Waals surface area contributed by atoms with Crippen LogP contribution in [0, 0.1) is 5.92 Å². The number of aliphatic hydroxyl groups is 1. The van der Waals surface area contributed by atoms with Crippen molar-refractivity contribution in [3.05, 3.63) is 59.2 Å². The molecule has 2 N–H and O–H groups in total. The van der Waals surface area contributed by atoms with Crippen LogP contribution in [0.5, 0.6) is 5.75 Å². The van der Waals surface area contributed by atoms with Gasteiger partial charge < -0.3 is 24.8 Å². The van der Waals surface area contributed by atoms with Crippen LogP contribution in [-0.2, 0) is 26.9 Å². The summed E-state index contributed by atoms with van der Waals surface area (Å²) in [6, 6.07) is 8.68. The molecule has 2 aromatic rings. The first-order valence-corrected chi connectivity index (χ1v) is 12.6. The fourth-order valence-corrected chi connectivity index (χ4v) is 5.50. The predicted molar refractivity (Wildman–Crippen MR) is 135 cm³/mol. The Morgan fingerprint density at radius 1 is 1.21 bits per heavy atom. The van der Waals surface area contributed by atoms with Crippen molar-refractivity contribution in [1.82, 2.24) is 0 Å². The Labute approximate surface area is 218 Å². The van der Waals surface area contributed by atoms with E-state index in [0.717, 1.165) is 17.7 Å². The van der Waals surface area contributed by atoms with Gasteiger partial charge in [0.2, 0.25) is 11.8 Å². The molecule has 202 valence electrons. The number of nitrogens with zero attached hydrogens (tertiary/aromatic N) is 1. The molecule has 1 spiro atoms. The number of carbonyl (C=O) groups is 2. The third kappa shape index (κ3) is 5.15. The molecule has 0 bridgehead atoms. The SMILES string of the molecule is CN1C(=O)C(CCO)Cc2ccc(NC(=O)/C=C3\CC4(CCOCC4)Oc4cc(C(F)(F)F)ccc43)cc21. The molecular formula is C28H29F3N2O5. The zero-order valence-corrected chi connectivity index (χ0v) is 20.9. The largest absolute Gasteiger partial charge is 0.486 e. The van der Waals surface area contributed by atoms with E-state index in [9.17, 15) is 27.9 Å². The normalized spacial score (nSPS) is 21.6. The average molecular weight is 531 g/mol. The van der Waals surface area contributed by atoms with E-state index in [1.807, 2.05) is 6.07 Å². The number of anilines is 2. The fourth-order valence-electron chi connectivity index (χ4n) is 5.50. The topological polar surface area (TPSA) is 88.1 Å². The van der Waals surface area contributed by atoms with Gasteiger partial charge in [-0.05, 0) is 48.2 Å². The van der Waals surface area contributed by atoms with Gasteiger partial charge in [0.05, 0.1) is 18.8 Å². The smallest absolute Gasteiger partial charge is 0.416 e. The van der Waals surface area contributed by atoms with Crippen molar-refractivity contribution in [1.29, 1.82) is 0 Å². The number of halogens is 3. The molecule has 38 heavy (non-hydrogen) atoms. The van der Waals surface area contributed by atoms with Crippen LogP contribution in [0.2, 0.25) is 0 Å². The molecule has 2 amide bonds. The number of nitrogens with one attached hydrogen (secondary N) is 1. The highest BCUT2D eigenvalue weighted by Crippen LogP contribution is 2.46. The van der Waals surface area contributed by atoms with E-state index < -0.39 is 23.2 Å². The zero-order valence-electron chi connectivity index (χ0n) is 20.9. The minimum Gasteiger partial charge on any atom is -0.486 e. The van der Waals surface area contributed by atoms with E-state index in [0.29, 0.717) is 67.8 Å². The van der Waals surface area contributed by atoms with Gasteiger partial charge in [0.15, 0.2) is 0 Å². The minimum absolute atomic E-state index is 0.0671. The summed E-state index contributed by atoms with van der Waals surface area (Å²) in [6.45, 7) is 0.783. The van der Waals surface area contributed by atoms with Crippen LogP contribution in [0.1, 0.15) is 42.4 Å². The van der Waals surface area contributed by atoms with Gasteiger partial charge >= 0.3 is 6.18 Å². The summed E-state index contributed by atoms with van der Waals surface area (Å²) >= 11 is 0. The lowest BCUT2D eigenvalue weighted by Crippen LogP contribution is -2.44. The Hall–Kier alpha value is -3.37. The van der Waals surface area contributed by atoms with Crippen molar-refractivity contribution >= 4 is 28.8 Å². The van der Waals surface area contributed by atoms with E-state index in [1.54, 1.807) is 19.2 Å². The Balaban J connectivity index is 1.42. The number of amides is 2. The molecule has 1 unspecified atom stereocenters. The summed E-state index contributed by atoms with van der Waals surface area (Å²) in [4.78, 5) is 27.3. The van der Waals surface area contributed by atoms with Crippen LogP contribution in [0.3, 0.4) is 0 Å². The van der Waals surface area contributed by atoms with Gasteiger partial charge in [-0.3, -0.25) is 9.59 Å². The number of benzene rings is 2. The van der Waals surface area contributed by atoms with Crippen LogP contribution in [0.25, 0.3) is 5.57 Å². The summed E-state index contributed by atoms with van der Waals surface area (Å²) < 4.78 is 51.7. The second-order valence-electron chi connectivity index (χ2n) is 10.1. The molecule has 1 saturated heterocycles. The lowest BCUT2D eigenvalue weighted by atomic mass is 9.81. The highest BCUT2D eigenvalue weighted by molar-refractivity contribution is 6.05. The molecule has 3 heterocycles. The van der Waals surface area contributed by atoms with Crippen LogP contribution in [0.4, 0.5) is 24.5 Å². The number of fused-ring (bicyclic) bond motifs is 2. The van der Waals surface area contributed by atoms with Crippen molar-refractivity contribution in [3.63, 3.8) is 0 Å². The molecule has 1 fully saturated rings. The number of aliphatic hydroxyl groups excluding tert-OH is 1. The predicted octanol–water partition coefficient (Wildman–Crippen LogP) is 4.58. The number of alkyl halides is 3. The van der Waals surface area contributed by atoms with Crippen LogP contribution < -0.4 is 15.0 Å². The van der Waals surface area contributed by atoms with Crippen LogP contribution >= 0.6 is 0 Å². The van der Waals surface area contributed by atoms with E-state index in [1.165, 1.54) is 17.0 Å². The van der Waals surface area contributed by atoms with Gasteiger partial charge in [-0.2, -0.15) is 13.2 Å². The number of ether oxygens (including phenoxy) is 2. The Kier molecular flexibility index (Phi) is 6.96. The molecule has 3 aliphatic rings. The molecule has 0 aliphatic carbocycles. The molecule has 5 rings (SSSR count). The maximum Gasteiger partial charge on any atom is 0.416 e. The van der Waals surface area contributed by atoms with Crippen molar-refractivity contribution in [2.75, 3.05) is 37.1 Å². The van der Waals surface area contributed by atoms with Gasteiger partial charge in [0.25, 0.3) is 0 Å². The minimum atomic E-state index is -4.51. The molecule has 0 radical (unpaired) electrons. The van der Waals surface area contributed by atoms with Crippen molar-refractivity contribution in [3.8, 4) is 5.75 Å². The van der Waals surface area contributed by atoms with E-state index in [2.05, 4.69) is 5.32 Å². The molecule has 3 aliphatic heterocycles. The van der Waals surface area contributed by atoms with Gasteiger partial charge in [-0.15, -0.1) is 0 Å². The maximum absolute atomic E-state index is 13.4. The highest BCUT2D eigenvalue weighted by Gasteiger charge is 2.41. The quantitative estimate of drug-likeness (QED) is 0.566. The molecule has 0 saturated carbocycles. The Bertz CT molecular complexity index is 1280. The van der Waals surface area contributed by atoms with E-state index >= 15 is 0 Å². The molecule has 0 aromatic heterocycles. The Morgan fingerprint density at radius 2 is 1.97 bits per heavy atom. The molecular weight excluding hydrogens is 501 g/mol. The first-order valence-electron chi connectivity index (χ1n) is 12.6. The van der Waals surface area contributed by atoms with Gasteiger partial charge in [-0.1, -0.05) is 12.1 Å². The first-order chi connectivity index (χ1) is 18.1. The van der Waals surface area contributed by atoms with Crippen molar-refractivity contribution in [2.45, 2.75) is 43.9 Å². The second-order valence-corrected chi connectivity index (χ2v) is 10.1. The van der Waals surface area contributed by atoms with E-state index in [4.69, 9.17) is 9.47 Å². The lowest BCUT2D eigenvalue weighted by Gasteiger charge is -2.42.